The van der Waals surface area contributed by atoms with E-state index >= 15 is 0 Å². The van der Waals surface area contributed by atoms with Gasteiger partial charge in [0, 0.05) is 41.0 Å². The van der Waals surface area contributed by atoms with Crippen LogP contribution in [0.4, 0.5) is 34.1 Å². The predicted octanol–water partition coefficient (Wildman–Crippen LogP) is 7.30. The minimum absolute atomic E-state index is 0.0713. The standard InChI is InChI=1S/C32H28N4O3/c1-22(37)33-25-7-9-26(10-8-25)34-27-11-13-28(14-12-27)35-29-15-17-30(18-16-29)36-32(38)21-39-31-19-6-23-4-2-3-5-24(23)20-31/h2-20,34-35H,21H2,1H3,(H,33,37)(H,36,38). The SMILES string of the molecule is CC(=O)Nc1ccc(Nc2ccc(Nc3ccc(NC(=O)COc4ccc5ccccc5c4)cc3)cc2)cc1. The number of fused-ring (bicyclic) bond motifs is 1. The second-order valence-electron chi connectivity index (χ2n) is 9.01. The van der Waals surface area contributed by atoms with E-state index in [4.69, 9.17) is 4.74 Å². The Morgan fingerprint density at radius 1 is 0.564 bits per heavy atom. The van der Waals surface area contributed by atoms with Crippen LogP contribution in [-0.4, -0.2) is 18.4 Å². The average molecular weight is 517 g/mol. The van der Waals surface area contributed by atoms with Crippen LogP contribution in [0.5, 0.6) is 5.75 Å². The van der Waals surface area contributed by atoms with Gasteiger partial charge in [0.1, 0.15) is 5.75 Å². The molecule has 0 heterocycles. The van der Waals surface area contributed by atoms with Gasteiger partial charge in [0.2, 0.25) is 5.91 Å². The fourth-order valence-corrected chi connectivity index (χ4v) is 4.05. The van der Waals surface area contributed by atoms with E-state index in [2.05, 4.69) is 21.3 Å². The summed E-state index contributed by atoms with van der Waals surface area (Å²) in [5, 5.41) is 14.5. The maximum Gasteiger partial charge on any atom is 0.262 e. The van der Waals surface area contributed by atoms with Gasteiger partial charge in [-0.1, -0.05) is 30.3 Å². The molecule has 0 saturated carbocycles. The lowest BCUT2D eigenvalue weighted by Gasteiger charge is -2.11. The summed E-state index contributed by atoms with van der Waals surface area (Å²) in [4.78, 5) is 23.5. The maximum absolute atomic E-state index is 12.4. The molecule has 5 rings (SSSR count). The summed E-state index contributed by atoms with van der Waals surface area (Å²) in [7, 11) is 0. The van der Waals surface area contributed by atoms with Crippen LogP contribution in [0.15, 0.2) is 115 Å². The molecular weight excluding hydrogens is 488 g/mol. The number of rotatable bonds is 9. The number of hydrogen-bond acceptors (Lipinski definition) is 5. The Labute approximate surface area is 226 Å². The summed E-state index contributed by atoms with van der Waals surface area (Å²) < 4.78 is 5.67. The Hall–Kier alpha value is -5.30. The number of anilines is 6. The molecule has 0 aromatic heterocycles. The average Bonchev–Trinajstić information content (AvgIpc) is 2.95. The monoisotopic (exact) mass is 516 g/mol. The van der Waals surface area contributed by atoms with Gasteiger partial charge in [-0.25, -0.2) is 0 Å². The highest BCUT2D eigenvalue weighted by Crippen LogP contribution is 2.24. The Kier molecular flexibility index (Phi) is 7.69. The van der Waals surface area contributed by atoms with Crippen molar-refractivity contribution in [3.05, 3.63) is 115 Å². The van der Waals surface area contributed by atoms with Crippen molar-refractivity contribution in [3.8, 4) is 5.75 Å². The highest BCUT2D eigenvalue weighted by atomic mass is 16.5. The minimum Gasteiger partial charge on any atom is -0.484 e. The van der Waals surface area contributed by atoms with E-state index in [0.717, 1.165) is 39.2 Å². The number of carbonyl (C=O) groups is 2. The van der Waals surface area contributed by atoms with Crippen molar-refractivity contribution in [1.82, 2.24) is 0 Å². The van der Waals surface area contributed by atoms with E-state index in [1.54, 1.807) is 0 Å². The summed E-state index contributed by atoms with van der Waals surface area (Å²) in [5.41, 5.74) is 5.14. The van der Waals surface area contributed by atoms with Gasteiger partial charge >= 0.3 is 0 Å². The van der Waals surface area contributed by atoms with Crippen LogP contribution in [0, 0.1) is 0 Å². The number of nitrogens with one attached hydrogen (secondary N) is 4. The molecule has 194 valence electrons. The van der Waals surface area contributed by atoms with Crippen LogP contribution in [0.2, 0.25) is 0 Å². The van der Waals surface area contributed by atoms with Crippen LogP contribution in [0.1, 0.15) is 6.92 Å². The molecule has 0 spiro atoms. The van der Waals surface area contributed by atoms with Crippen molar-refractivity contribution < 1.29 is 14.3 Å². The molecule has 0 atom stereocenters. The first-order valence-corrected chi connectivity index (χ1v) is 12.5. The maximum atomic E-state index is 12.4. The van der Waals surface area contributed by atoms with Crippen molar-refractivity contribution in [2.45, 2.75) is 6.92 Å². The van der Waals surface area contributed by atoms with Gasteiger partial charge in [-0.15, -0.1) is 0 Å². The van der Waals surface area contributed by atoms with E-state index in [1.807, 2.05) is 115 Å². The Balaban J connectivity index is 1.10. The van der Waals surface area contributed by atoms with Crippen LogP contribution in [0.3, 0.4) is 0 Å². The van der Waals surface area contributed by atoms with Crippen molar-refractivity contribution >= 4 is 56.7 Å². The van der Waals surface area contributed by atoms with Crippen LogP contribution >= 0.6 is 0 Å². The summed E-state index contributed by atoms with van der Waals surface area (Å²) in [6.45, 7) is 1.41. The van der Waals surface area contributed by atoms with Crippen molar-refractivity contribution in [2.75, 3.05) is 27.9 Å². The zero-order chi connectivity index (χ0) is 27.0. The zero-order valence-corrected chi connectivity index (χ0v) is 21.4. The highest BCUT2D eigenvalue weighted by molar-refractivity contribution is 5.92. The largest absolute Gasteiger partial charge is 0.484 e. The lowest BCUT2D eigenvalue weighted by Crippen LogP contribution is -2.20. The molecule has 0 radical (unpaired) electrons. The molecular formula is C32H28N4O3. The Morgan fingerprint density at radius 2 is 1.03 bits per heavy atom. The lowest BCUT2D eigenvalue weighted by molar-refractivity contribution is -0.118. The fraction of sp³-hybridized carbons (Fsp3) is 0.0625. The third kappa shape index (κ3) is 7.14. The topological polar surface area (TPSA) is 91.5 Å². The molecule has 0 aliphatic rings. The van der Waals surface area contributed by atoms with Crippen molar-refractivity contribution in [2.24, 2.45) is 0 Å². The van der Waals surface area contributed by atoms with Gasteiger partial charge in [-0.3, -0.25) is 9.59 Å². The molecule has 2 amide bonds. The van der Waals surface area contributed by atoms with Gasteiger partial charge in [-0.2, -0.15) is 0 Å². The van der Waals surface area contributed by atoms with Gasteiger partial charge in [0.25, 0.3) is 5.91 Å². The molecule has 4 N–H and O–H groups in total. The molecule has 0 bridgehead atoms. The lowest BCUT2D eigenvalue weighted by atomic mass is 10.1. The van der Waals surface area contributed by atoms with E-state index in [1.165, 1.54) is 6.92 Å². The predicted molar refractivity (Wildman–Crippen MR) is 158 cm³/mol. The van der Waals surface area contributed by atoms with E-state index < -0.39 is 0 Å². The summed E-state index contributed by atoms with van der Waals surface area (Å²) in [5.74, 6) is 0.335. The smallest absolute Gasteiger partial charge is 0.262 e. The van der Waals surface area contributed by atoms with Crippen molar-refractivity contribution in [1.29, 1.82) is 0 Å². The molecule has 0 aliphatic carbocycles. The first-order valence-electron chi connectivity index (χ1n) is 12.5. The highest BCUT2D eigenvalue weighted by Gasteiger charge is 2.05. The molecule has 0 saturated heterocycles. The minimum atomic E-state index is -0.225. The third-order valence-electron chi connectivity index (χ3n) is 5.93. The summed E-state index contributed by atoms with van der Waals surface area (Å²) in [6, 6.07) is 36.7. The second-order valence-corrected chi connectivity index (χ2v) is 9.01. The molecule has 39 heavy (non-hydrogen) atoms. The van der Waals surface area contributed by atoms with E-state index in [-0.39, 0.29) is 18.4 Å². The number of benzene rings is 5. The Morgan fingerprint density at radius 3 is 1.54 bits per heavy atom. The first-order chi connectivity index (χ1) is 19.0. The number of carbonyl (C=O) groups excluding carboxylic acids is 2. The molecule has 0 unspecified atom stereocenters. The van der Waals surface area contributed by atoms with Crippen LogP contribution in [-0.2, 0) is 9.59 Å². The third-order valence-corrected chi connectivity index (χ3v) is 5.93. The first kappa shape index (κ1) is 25.4. The quantitative estimate of drug-likeness (QED) is 0.165. The number of ether oxygens (including phenoxy) is 1. The number of amides is 2. The van der Waals surface area contributed by atoms with Crippen LogP contribution < -0.4 is 26.0 Å². The van der Waals surface area contributed by atoms with E-state index in [0.29, 0.717) is 11.4 Å². The second kappa shape index (κ2) is 11.8. The summed E-state index contributed by atoms with van der Waals surface area (Å²) in [6.07, 6.45) is 0. The molecule has 5 aromatic rings. The number of hydrogen-bond donors (Lipinski definition) is 4. The molecule has 7 heteroatoms. The van der Waals surface area contributed by atoms with Gasteiger partial charge in [-0.05, 0) is 95.7 Å². The van der Waals surface area contributed by atoms with E-state index in [9.17, 15) is 9.59 Å². The summed E-state index contributed by atoms with van der Waals surface area (Å²) >= 11 is 0. The molecule has 5 aromatic carbocycles. The fourth-order valence-electron chi connectivity index (χ4n) is 4.05. The normalized spacial score (nSPS) is 10.5. The Bertz CT molecular complexity index is 1580. The molecule has 7 nitrogen and oxygen atoms in total. The van der Waals surface area contributed by atoms with Gasteiger partial charge < -0.3 is 26.0 Å². The van der Waals surface area contributed by atoms with Crippen LogP contribution in [0.25, 0.3) is 10.8 Å². The van der Waals surface area contributed by atoms with Crippen molar-refractivity contribution in [3.63, 3.8) is 0 Å². The van der Waals surface area contributed by atoms with Gasteiger partial charge in [0.15, 0.2) is 6.61 Å². The van der Waals surface area contributed by atoms with Gasteiger partial charge in [0.05, 0.1) is 0 Å². The zero-order valence-electron chi connectivity index (χ0n) is 21.4. The molecule has 0 fully saturated rings. The molecule has 0 aliphatic heterocycles.